The molecule has 0 unspecified atom stereocenters. The van der Waals surface area contributed by atoms with Crippen molar-refractivity contribution in [2.24, 2.45) is 0 Å². The first kappa shape index (κ1) is 19.3. The van der Waals surface area contributed by atoms with Gasteiger partial charge in [-0.2, -0.15) is 0 Å². The van der Waals surface area contributed by atoms with Crippen molar-refractivity contribution in [3.8, 4) is 0 Å². The number of thiazole rings is 1. The Labute approximate surface area is 163 Å². The van der Waals surface area contributed by atoms with Crippen molar-refractivity contribution >= 4 is 43.2 Å². The van der Waals surface area contributed by atoms with Crippen molar-refractivity contribution < 1.29 is 13.2 Å². The number of fused-ring (bicyclic) bond motifs is 1. The SMILES string of the molecule is Cc1ccccc1N(CC(=O)N(C)Cc1nc2ccccc2s1)S(C)(=O)=O. The summed E-state index contributed by atoms with van der Waals surface area (Å²) in [6.07, 6.45) is 1.11. The van der Waals surface area contributed by atoms with Gasteiger partial charge in [0.15, 0.2) is 0 Å². The van der Waals surface area contributed by atoms with E-state index in [2.05, 4.69) is 4.98 Å². The molecule has 0 aliphatic rings. The Kier molecular flexibility index (Phi) is 5.48. The fraction of sp³-hybridized carbons (Fsp3) is 0.263. The molecular formula is C19H21N3O3S2. The molecule has 0 aliphatic carbocycles. The fourth-order valence-corrected chi connectivity index (χ4v) is 4.67. The van der Waals surface area contributed by atoms with E-state index in [0.717, 1.165) is 31.3 Å². The highest BCUT2D eigenvalue weighted by Crippen LogP contribution is 2.24. The summed E-state index contributed by atoms with van der Waals surface area (Å²) in [6, 6.07) is 14.9. The molecule has 1 amide bonds. The molecule has 0 N–H and O–H groups in total. The topological polar surface area (TPSA) is 70.6 Å². The van der Waals surface area contributed by atoms with Crippen LogP contribution in [0.4, 0.5) is 5.69 Å². The second-order valence-corrected chi connectivity index (χ2v) is 9.40. The minimum Gasteiger partial charge on any atom is -0.337 e. The van der Waals surface area contributed by atoms with Crippen molar-refractivity contribution in [1.82, 2.24) is 9.88 Å². The van der Waals surface area contributed by atoms with E-state index in [9.17, 15) is 13.2 Å². The Hall–Kier alpha value is -2.45. The van der Waals surface area contributed by atoms with Crippen molar-refractivity contribution in [2.75, 3.05) is 24.2 Å². The lowest BCUT2D eigenvalue weighted by atomic mass is 10.2. The number of hydrogen-bond donors (Lipinski definition) is 0. The van der Waals surface area contributed by atoms with E-state index in [1.54, 1.807) is 19.2 Å². The predicted molar refractivity (Wildman–Crippen MR) is 109 cm³/mol. The fourth-order valence-electron chi connectivity index (χ4n) is 2.75. The summed E-state index contributed by atoms with van der Waals surface area (Å²) in [5.41, 5.74) is 2.21. The van der Waals surface area contributed by atoms with Gasteiger partial charge in [0.25, 0.3) is 0 Å². The first-order valence-electron chi connectivity index (χ1n) is 8.37. The highest BCUT2D eigenvalue weighted by Gasteiger charge is 2.24. The number of hydrogen-bond acceptors (Lipinski definition) is 5. The zero-order valence-corrected chi connectivity index (χ0v) is 17.0. The van der Waals surface area contributed by atoms with Gasteiger partial charge in [-0.05, 0) is 30.7 Å². The third-order valence-corrected chi connectivity index (χ3v) is 6.35. The van der Waals surface area contributed by atoms with Gasteiger partial charge in [0.05, 0.1) is 28.7 Å². The molecule has 1 heterocycles. The highest BCUT2D eigenvalue weighted by molar-refractivity contribution is 7.92. The zero-order valence-electron chi connectivity index (χ0n) is 15.4. The first-order valence-corrected chi connectivity index (χ1v) is 11.0. The summed E-state index contributed by atoms with van der Waals surface area (Å²) >= 11 is 1.53. The Morgan fingerprint density at radius 3 is 2.44 bits per heavy atom. The molecule has 8 heteroatoms. The van der Waals surface area contributed by atoms with E-state index in [1.807, 2.05) is 43.3 Å². The summed E-state index contributed by atoms with van der Waals surface area (Å²) in [6.45, 7) is 1.91. The predicted octanol–water partition coefficient (Wildman–Crippen LogP) is 3.03. The van der Waals surface area contributed by atoms with Crippen LogP contribution in [0.1, 0.15) is 10.6 Å². The molecule has 0 aliphatic heterocycles. The van der Waals surface area contributed by atoms with Crippen LogP contribution in [0.15, 0.2) is 48.5 Å². The molecule has 0 saturated carbocycles. The lowest BCUT2D eigenvalue weighted by Crippen LogP contribution is -2.41. The Bertz CT molecular complexity index is 1040. The summed E-state index contributed by atoms with van der Waals surface area (Å²) in [5.74, 6) is -0.289. The lowest BCUT2D eigenvalue weighted by molar-refractivity contribution is -0.128. The Morgan fingerprint density at radius 2 is 1.78 bits per heavy atom. The van der Waals surface area contributed by atoms with Crippen LogP contribution in [0, 0.1) is 6.92 Å². The van der Waals surface area contributed by atoms with Crippen LogP contribution in [0.5, 0.6) is 0 Å². The van der Waals surface area contributed by atoms with Crippen molar-refractivity contribution in [3.63, 3.8) is 0 Å². The third kappa shape index (κ3) is 4.45. The van der Waals surface area contributed by atoms with Crippen LogP contribution in [-0.4, -0.2) is 44.1 Å². The molecular weight excluding hydrogens is 382 g/mol. The molecule has 0 atom stereocenters. The largest absolute Gasteiger partial charge is 0.337 e. The number of carbonyl (C=O) groups is 1. The van der Waals surface area contributed by atoms with Gasteiger partial charge in [-0.1, -0.05) is 30.3 Å². The molecule has 0 bridgehead atoms. The molecule has 0 fully saturated rings. The van der Waals surface area contributed by atoms with Crippen LogP contribution >= 0.6 is 11.3 Å². The van der Waals surface area contributed by atoms with E-state index in [0.29, 0.717) is 12.2 Å². The summed E-state index contributed by atoms with van der Waals surface area (Å²) in [5, 5.41) is 0.814. The molecule has 1 aromatic heterocycles. The Morgan fingerprint density at radius 1 is 1.11 bits per heavy atom. The van der Waals surface area contributed by atoms with Crippen LogP contribution in [0.2, 0.25) is 0 Å². The van der Waals surface area contributed by atoms with E-state index < -0.39 is 10.0 Å². The molecule has 0 radical (unpaired) electrons. The lowest BCUT2D eigenvalue weighted by Gasteiger charge is -2.26. The highest BCUT2D eigenvalue weighted by atomic mass is 32.2. The summed E-state index contributed by atoms with van der Waals surface area (Å²) in [7, 11) is -1.93. The molecule has 3 aromatic rings. The number of para-hydroxylation sites is 2. The minimum absolute atomic E-state index is 0.245. The quantitative estimate of drug-likeness (QED) is 0.634. The smallest absolute Gasteiger partial charge is 0.243 e. The van der Waals surface area contributed by atoms with Crippen LogP contribution in [0.3, 0.4) is 0 Å². The van der Waals surface area contributed by atoms with Gasteiger partial charge in [-0.15, -0.1) is 11.3 Å². The summed E-state index contributed by atoms with van der Waals surface area (Å²) in [4.78, 5) is 18.7. The van der Waals surface area contributed by atoms with E-state index in [-0.39, 0.29) is 12.5 Å². The van der Waals surface area contributed by atoms with E-state index >= 15 is 0 Å². The van der Waals surface area contributed by atoms with Gasteiger partial charge >= 0.3 is 0 Å². The number of anilines is 1. The van der Waals surface area contributed by atoms with Crippen LogP contribution < -0.4 is 4.31 Å². The number of amides is 1. The van der Waals surface area contributed by atoms with E-state index in [1.165, 1.54) is 16.2 Å². The van der Waals surface area contributed by atoms with Crippen LogP contribution in [-0.2, 0) is 21.4 Å². The van der Waals surface area contributed by atoms with Gasteiger partial charge in [-0.3, -0.25) is 9.10 Å². The van der Waals surface area contributed by atoms with Crippen molar-refractivity contribution in [2.45, 2.75) is 13.5 Å². The van der Waals surface area contributed by atoms with Gasteiger partial charge in [-0.25, -0.2) is 13.4 Å². The standard InChI is InChI=1S/C19H21N3O3S2/c1-14-8-4-6-10-16(14)22(27(3,24)25)13-19(23)21(2)12-18-20-15-9-5-7-11-17(15)26-18/h4-11H,12-13H2,1-3H3. The number of sulfonamides is 1. The molecule has 27 heavy (non-hydrogen) atoms. The molecule has 6 nitrogen and oxygen atoms in total. The number of benzene rings is 2. The van der Waals surface area contributed by atoms with Gasteiger partial charge < -0.3 is 4.90 Å². The number of likely N-dealkylation sites (N-methyl/N-ethyl adjacent to an activating group) is 1. The average Bonchev–Trinajstić information content (AvgIpc) is 3.01. The summed E-state index contributed by atoms with van der Waals surface area (Å²) < 4.78 is 26.7. The number of aryl methyl sites for hydroxylation is 1. The maximum absolute atomic E-state index is 12.7. The van der Waals surface area contributed by atoms with Gasteiger partial charge in [0.2, 0.25) is 15.9 Å². The first-order chi connectivity index (χ1) is 12.8. The maximum Gasteiger partial charge on any atom is 0.243 e. The normalized spacial score (nSPS) is 11.5. The molecule has 142 valence electrons. The van der Waals surface area contributed by atoms with Gasteiger partial charge in [0, 0.05) is 7.05 Å². The molecule has 2 aromatic carbocycles. The van der Waals surface area contributed by atoms with Crippen LogP contribution in [0.25, 0.3) is 10.2 Å². The van der Waals surface area contributed by atoms with Crippen molar-refractivity contribution in [1.29, 1.82) is 0 Å². The molecule has 0 saturated heterocycles. The Balaban J connectivity index is 1.78. The number of aromatic nitrogens is 1. The molecule has 3 rings (SSSR count). The second kappa shape index (κ2) is 7.66. The second-order valence-electron chi connectivity index (χ2n) is 6.38. The van der Waals surface area contributed by atoms with Gasteiger partial charge in [0.1, 0.15) is 11.6 Å². The van der Waals surface area contributed by atoms with Crippen molar-refractivity contribution in [3.05, 3.63) is 59.1 Å². The van der Waals surface area contributed by atoms with E-state index in [4.69, 9.17) is 0 Å². The molecule has 0 spiro atoms. The zero-order chi connectivity index (χ0) is 19.6. The third-order valence-electron chi connectivity index (χ3n) is 4.20. The number of rotatable bonds is 6. The maximum atomic E-state index is 12.7. The monoisotopic (exact) mass is 403 g/mol. The number of nitrogens with zero attached hydrogens (tertiary/aromatic N) is 3. The minimum atomic E-state index is -3.59. The number of carbonyl (C=O) groups excluding carboxylic acids is 1. The average molecular weight is 404 g/mol.